The van der Waals surface area contributed by atoms with E-state index in [1.165, 1.54) is 24.0 Å². The van der Waals surface area contributed by atoms with Crippen molar-refractivity contribution >= 4 is 5.84 Å². The van der Waals surface area contributed by atoms with Gasteiger partial charge in [0.05, 0.1) is 5.56 Å². The Labute approximate surface area is 123 Å². The zero-order valence-corrected chi connectivity index (χ0v) is 11.6. The van der Waals surface area contributed by atoms with Crippen molar-refractivity contribution in [3.05, 3.63) is 53.2 Å². The standard InChI is InChI=1S/C16H17N3O2/c17-15(19-20)14-6-3-9-18-16(14)21-13-8-7-11-4-1-2-5-12(11)10-13/h3,6-10,20H,1-2,4-5H2,(H2,17,19). The fraction of sp³-hybridized carbons (Fsp3) is 0.250. The molecule has 0 bridgehead atoms. The lowest BCUT2D eigenvalue weighted by atomic mass is 9.92. The molecule has 0 atom stereocenters. The molecule has 1 aliphatic rings. The quantitative estimate of drug-likeness (QED) is 0.393. The van der Waals surface area contributed by atoms with Gasteiger partial charge in [-0.3, -0.25) is 0 Å². The maximum absolute atomic E-state index is 8.82. The largest absolute Gasteiger partial charge is 0.438 e. The Morgan fingerprint density at radius 3 is 2.81 bits per heavy atom. The van der Waals surface area contributed by atoms with E-state index in [1.54, 1.807) is 18.3 Å². The van der Waals surface area contributed by atoms with Gasteiger partial charge in [-0.05, 0) is 61.1 Å². The van der Waals surface area contributed by atoms with Crippen molar-refractivity contribution < 1.29 is 9.94 Å². The molecule has 1 aromatic carbocycles. The second-order valence-corrected chi connectivity index (χ2v) is 5.08. The van der Waals surface area contributed by atoms with Gasteiger partial charge in [0.25, 0.3) is 0 Å². The van der Waals surface area contributed by atoms with Crippen molar-refractivity contribution in [1.82, 2.24) is 4.98 Å². The molecule has 3 N–H and O–H groups in total. The van der Waals surface area contributed by atoms with E-state index in [1.807, 2.05) is 6.07 Å². The number of aromatic nitrogens is 1. The van der Waals surface area contributed by atoms with Crippen molar-refractivity contribution in [2.75, 3.05) is 0 Å². The van der Waals surface area contributed by atoms with Crippen LogP contribution in [0, 0.1) is 0 Å². The molecule has 0 saturated heterocycles. The predicted octanol–water partition coefficient (Wildman–Crippen LogP) is 2.85. The van der Waals surface area contributed by atoms with Gasteiger partial charge in [0.2, 0.25) is 5.88 Å². The van der Waals surface area contributed by atoms with Gasteiger partial charge < -0.3 is 15.7 Å². The first kappa shape index (κ1) is 13.4. The summed E-state index contributed by atoms with van der Waals surface area (Å²) in [5.41, 5.74) is 8.84. The number of benzene rings is 1. The minimum atomic E-state index is -0.0175. The molecule has 0 spiro atoms. The maximum Gasteiger partial charge on any atom is 0.230 e. The number of amidine groups is 1. The van der Waals surface area contributed by atoms with Gasteiger partial charge in [-0.1, -0.05) is 11.2 Å². The summed E-state index contributed by atoms with van der Waals surface area (Å²) in [4.78, 5) is 4.16. The lowest BCUT2D eigenvalue weighted by molar-refractivity contribution is 0.318. The molecule has 5 nitrogen and oxygen atoms in total. The maximum atomic E-state index is 8.82. The molecule has 108 valence electrons. The molecule has 1 heterocycles. The summed E-state index contributed by atoms with van der Waals surface area (Å²) in [6.07, 6.45) is 6.30. The van der Waals surface area contributed by atoms with Crippen LogP contribution < -0.4 is 10.5 Å². The third-order valence-corrected chi connectivity index (χ3v) is 3.69. The van der Waals surface area contributed by atoms with E-state index in [2.05, 4.69) is 22.3 Å². The number of oxime groups is 1. The Morgan fingerprint density at radius 2 is 2.00 bits per heavy atom. The van der Waals surface area contributed by atoms with E-state index in [-0.39, 0.29) is 5.84 Å². The molecular weight excluding hydrogens is 266 g/mol. The summed E-state index contributed by atoms with van der Waals surface area (Å²) in [6.45, 7) is 0. The number of nitrogens with two attached hydrogens (primary N) is 1. The van der Waals surface area contributed by atoms with E-state index in [0.29, 0.717) is 11.4 Å². The lowest BCUT2D eigenvalue weighted by Gasteiger charge is -2.17. The van der Waals surface area contributed by atoms with Crippen LogP contribution in [0.1, 0.15) is 29.5 Å². The van der Waals surface area contributed by atoms with Crippen LogP contribution in [0.15, 0.2) is 41.7 Å². The van der Waals surface area contributed by atoms with Crippen LogP contribution in [0.3, 0.4) is 0 Å². The summed E-state index contributed by atoms with van der Waals surface area (Å²) in [7, 11) is 0. The molecule has 0 saturated carbocycles. The van der Waals surface area contributed by atoms with Crippen molar-refractivity contribution in [1.29, 1.82) is 0 Å². The first-order valence-electron chi connectivity index (χ1n) is 7.00. The average Bonchev–Trinajstić information content (AvgIpc) is 2.54. The van der Waals surface area contributed by atoms with E-state index in [0.717, 1.165) is 18.6 Å². The highest BCUT2D eigenvalue weighted by Crippen LogP contribution is 2.28. The zero-order chi connectivity index (χ0) is 14.7. The SMILES string of the molecule is N/C(=N/O)c1cccnc1Oc1ccc2c(c1)CCCC2. The summed E-state index contributed by atoms with van der Waals surface area (Å²) in [6, 6.07) is 9.52. The molecule has 0 fully saturated rings. The van der Waals surface area contributed by atoms with E-state index in [9.17, 15) is 0 Å². The third-order valence-electron chi connectivity index (χ3n) is 3.69. The number of fused-ring (bicyclic) bond motifs is 1. The number of ether oxygens (including phenoxy) is 1. The van der Waals surface area contributed by atoms with Crippen LogP contribution in [0.2, 0.25) is 0 Å². The third kappa shape index (κ3) is 2.81. The number of hydrogen-bond acceptors (Lipinski definition) is 4. The molecule has 1 aromatic heterocycles. The highest BCUT2D eigenvalue weighted by Gasteiger charge is 2.13. The normalized spacial score (nSPS) is 14.6. The van der Waals surface area contributed by atoms with Crippen LogP contribution >= 0.6 is 0 Å². The van der Waals surface area contributed by atoms with Gasteiger partial charge in [0.1, 0.15) is 5.75 Å². The van der Waals surface area contributed by atoms with Gasteiger partial charge in [-0.25, -0.2) is 4.98 Å². The minimum absolute atomic E-state index is 0.0175. The molecule has 1 aliphatic carbocycles. The molecule has 21 heavy (non-hydrogen) atoms. The van der Waals surface area contributed by atoms with Gasteiger partial charge in [-0.15, -0.1) is 0 Å². The van der Waals surface area contributed by atoms with Crippen molar-refractivity contribution in [3.63, 3.8) is 0 Å². The topological polar surface area (TPSA) is 80.7 Å². The van der Waals surface area contributed by atoms with Crippen molar-refractivity contribution in [3.8, 4) is 11.6 Å². The predicted molar refractivity (Wildman–Crippen MR) is 79.9 cm³/mol. The molecule has 0 aliphatic heterocycles. The average molecular weight is 283 g/mol. The van der Waals surface area contributed by atoms with E-state index >= 15 is 0 Å². The van der Waals surface area contributed by atoms with Crippen LogP contribution in [-0.4, -0.2) is 16.0 Å². The number of aryl methyl sites for hydroxylation is 2. The fourth-order valence-corrected chi connectivity index (χ4v) is 2.61. The zero-order valence-electron chi connectivity index (χ0n) is 11.6. The van der Waals surface area contributed by atoms with Crippen LogP contribution in [-0.2, 0) is 12.8 Å². The van der Waals surface area contributed by atoms with E-state index < -0.39 is 0 Å². The Hall–Kier alpha value is -2.56. The molecule has 3 rings (SSSR count). The Kier molecular flexibility index (Phi) is 3.73. The molecule has 0 radical (unpaired) electrons. The Balaban J connectivity index is 1.90. The Bertz CT molecular complexity index is 683. The van der Waals surface area contributed by atoms with E-state index in [4.69, 9.17) is 15.7 Å². The molecule has 0 amide bonds. The van der Waals surface area contributed by atoms with Crippen LogP contribution in [0.5, 0.6) is 11.6 Å². The van der Waals surface area contributed by atoms with Crippen molar-refractivity contribution in [2.45, 2.75) is 25.7 Å². The first-order chi connectivity index (χ1) is 10.3. The molecule has 5 heteroatoms. The summed E-state index contributed by atoms with van der Waals surface area (Å²) < 4.78 is 5.82. The second kappa shape index (κ2) is 5.83. The van der Waals surface area contributed by atoms with Gasteiger partial charge in [-0.2, -0.15) is 0 Å². The van der Waals surface area contributed by atoms with Gasteiger partial charge in [0.15, 0.2) is 5.84 Å². The highest BCUT2D eigenvalue weighted by molar-refractivity contribution is 5.99. The highest BCUT2D eigenvalue weighted by atomic mass is 16.5. The van der Waals surface area contributed by atoms with Crippen LogP contribution in [0.4, 0.5) is 0 Å². The minimum Gasteiger partial charge on any atom is -0.438 e. The summed E-state index contributed by atoms with van der Waals surface area (Å²) in [5.74, 6) is 1.04. The molecule has 2 aromatic rings. The number of pyridine rings is 1. The van der Waals surface area contributed by atoms with Gasteiger partial charge >= 0.3 is 0 Å². The monoisotopic (exact) mass is 283 g/mol. The van der Waals surface area contributed by atoms with Crippen LogP contribution in [0.25, 0.3) is 0 Å². The molecular formula is C16H17N3O2. The van der Waals surface area contributed by atoms with Gasteiger partial charge in [0, 0.05) is 6.20 Å². The lowest BCUT2D eigenvalue weighted by Crippen LogP contribution is -2.14. The first-order valence-corrected chi connectivity index (χ1v) is 7.00. The number of hydrogen-bond donors (Lipinski definition) is 2. The Morgan fingerprint density at radius 1 is 1.19 bits per heavy atom. The van der Waals surface area contributed by atoms with Crippen molar-refractivity contribution in [2.24, 2.45) is 10.9 Å². The summed E-state index contributed by atoms with van der Waals surface area (Å²) >= 11 is 0. The fourth-order valence-electron chi connectivity index (χ4n) is 2.61. The molecule has 0 unspecified atom stereocenters. The second-order valence-electron chi connectivity index (χ2n) is 5.08. The number of nitrogens with zero attached hydrogens (tertiary/aromatic N) is 2. The number of rotatable bonds is 3. The summed E-state index contributed by atoms with van der Waals surface area (Å²) in [5, 5.41) is 11.8. The smallest absolute Gasteiger partial charge is 0.230 e.